The summed E-state index contributed by atoms with van der Waals surface area (Å²) < 4.78 is 26.7. The number of nitrogens with one attached hydrogen (secondary N) is 1. The first-order valence-electron chi connectivity index (χ1n) is 5.40. The quantitative estimate of drug-likeness (QED) is 0.935. The molecule has 7 heteroatoms. The summed E-state index contributed by atoms with van der Waals surface area (Å²) in [5.74, 6) is 0. The summed E-state index contributed by atoms with van der Waals surface area (Å²) in [6.07, 6.45) is 0. The molecule has 0 amide bonds. The van der Waals surface area contributed by atoms with Crippen LogP contribution in [-0.4, -0.2) is 8.42 Å². The first-order valence-corrected chi connectivity index (χ1v) is 7.64. The van der Waals surface area contributed by atoms with Gasteiger partial charge in [0.1, 0.15) is 0 Å². The van der Waals surface area contributed by atoms with Crippen molar-refractivity contribution >= 4 is 38.9 Å². The minimum atomic E-state index is -3.80. The smallest absolute Gasteiger partial charge is 0.261 e. The van der Waals surface area contributed by atoms with Crippen LogP contribution in [0.15, 0.2) is 47.4 Å². The number of hydrogen-bond donors (Lipinski definition) is 1. The largest absolute Gasteiger partial charge is 0.280 e. The standard InChI is InChI=1S/C13H8Cl2N2O2S/c14-10-5-11(15)7-12(6-10)17-20(18,19)13-3-1-2-9(4-13)8-16/h1-7,17H. The summed E-state index contributed by atoms with van der Waals surface area (Å²) in [7, 11) is -3.80. The molecule has 0 radical (unpaired) electrons. The van der Waals surface area contributed by atoms with Gasteiger partial charge in [-0.1, -0.05) is 29.3 Å². The zero-order valence-electron chi connectivity index (χ0n) is 9.97. The van der Waals surface area contributed by atoms with Gasteiger partial charge in [0.25, 0.3) is 10.0 Å². The Hall–Kier alpha value is -1.74. The molecule has 0 aliphatic rings. The van der Waals surface area contributed by atoms with Gasteiger partial charge in [-0.25, -0.2) is 8.42 Å². The fourth-order valence-corrected chi connectivity index (χ4v) is 3.17. The van der Waals surface area contributed by atoms with E-state index in [1.54, 1.807) is 0 Å². The van der Waals surface area contributed by atoms with Crippen LogP contribution in [0.3, 0.4) is 0 Å². The van der Waals surface area contributed by atoms with Crippen LogP contribution in [0.2, 0.25) is 10.0 Å². The Balaban J connectivity index is 2.38. The van der Waals surface area contributed by atoms with E-state index in [9.17, 15) is 8.42 Å². The van der Waals surface area contributed by atoms with Crippen LogP contribution in [-0.2, 0) is 10.0 Å². The second kappa shape index (κ2) is 5.71. The molecule has 0 spiro atoms. The molecule has 2 aromatic carbocycles. The van der Waals surface area contributed by atoms with E-state index in [4.69, 9.17) is 28.5 Å². The number of benzene rings is 2. The van der Waals surface area contributed by atoms with Crippen LogP contribution in [0.5, 0.6) is 0 Å². The Morgan fingerprint density at radius 2 is 1.70 bits per heavy atom. The molecule has 20 heavy (non-hydrogen) atoms. The highest BCUT2D eigenvalue weighted by Gasteiger charge is 2.15. The molecule has 0 aromatic heterocycles. The summed E-state index contributed by atoms with van der Waals surface area (Å²) in [6.45, 7) is 0. The second-order valence-corrected chi connectivity index (χ2v) is 6.46. The van der Waals surface area contributed by atoms with Crippen molar-refractivity contribution in [3.63, 3.8) is 0 Å². The normalized spacial score (nSPS) is 10.8. The van der Waals surface area contributed by atoms with Crippen molar-refractivity contribution in [2.75, 3.05) is 4.72 Å². The van der Waals surface area contributed by atoms with Gasteiger partial charge >= 0.3 is 0 Å². The van der Waals surface area contributed by atoms with Crippen molar-refractivity contribution in [3.8, 4) is 6.07 Å². The molecule has 4 nitrogen and oxygen atoms in total. The highest BCUT2D eigenvalue weighted by molar-refractivity contribution is 7.92. The zero-order chi connectivity index (χ0) is 14.8. The van der Waals surface area contributed by atoms with Crippen molar-refractivity contribution in [1.82, 2.24) is 0 Å². The number of anilines is 1. The third-order valence-corrected chi connectivity index (χ3v) is 4.20. The van der Waals surface area contributed by atoms with Gasteiger partial charge in [0.15, 0.2) is 0 Å². The van der Waals surface area contributed by atoms with Crippen LogP contribution in [0.4, 0.5) is 5.69 Å². The minimum Gasteiger partial charge on any atom is -0.280 e. The molecule has 0 saturated heterocycles. The molecule has 1 N–H and O–H groups in total. The van der Waals surface area contributed by atoms with E-state index >= 15 is 0 Å². The van der Waals surface area contributed by atoms with Gasteiger partial charge in [-0.15, -0.1) is 0 Å². The SMILES string of the molecule is N#Cc1cccc(S(=O)(=O)Nc2cc(Cl)cc(Cl)c2)c1. The lowest BCUT2D eigenvalue weighted by Crippen LogP contribution is -2.13. The lowest BCUT2D eigenvalue weighted by atomic mass is 10.2. The van der Waals surface area contributed by atoms with Gasteiger partial charge in [-0.05, 0) is 36.4 Å². The number of nitrogens with zero attached hydrogens (tertiary/aromatic N) is 1. The lowest BCUT2D eigenvalue weighted by molar-refractivity contribution is 0.601. The molecule has 0 unspecified atom stereocenters. The molecule has 0 heterocycles. The minimum absolute atomic E-state index is 0.00681. The Bertz CT molecular complexity index is 778. The summed E-state index contributed by atoms with van der Waals surface area (Å²) in [4.78, 5) is -0.00681. The average Bonchev–Trinajstić information content (AvgIpc) is 2.37. The van der Waals surface area contributed by atoms with Crippen LogP contribution in [0, 0.1) is 11.3 Å². The topological polar surface area (TPSA) is 70.0 Å². The highest BCUT2D eigenvalue weighted by Crippen LogP contribution is 2.24. The maximum Gasteiger partial charge on any atom is 0.261 e. The van der Waals surface area contributed by atoms with Crippen LogP contribution >= 0.6 is 23.2 Å². The molecule has 0 bridgehead atoms. The molecule has 0 fully saturated rings. The van der Waals surface area contributed by atoms with Crippen LogP contribution in [0.25, 0.3) is 0 Å². The van der Waals surface area contributed by atoms with Crippen LogP contribution in [0.1, 0.15) is 5.56 Å². The van der Waals surface area contributed by atoms with Gasteiger partial charge in [-0.2, -0.15) is 5.26 Å². The van der Waals surface area contributed by atoms with E-state index in [0.717, 1.165) is 0 Å². The van der Waals surface area contributed by atoms with Crippen molar-refractivity contribution in [1.29, 1.82) is 5.26 Å². The molecular weight excluding hydrogens is 319 g/mol. The number of rotatable bonds is 3. The van der Waals surface area contributed by atoms with Gasteiger partial charge in [-0.3, -0.25) is 4.72 Å². The van der Waals surface area contributed by atoms with Crippen molar-refractivity contribution in [2.45, 2.75) is 4.90 Å². The Labute approximate surface area is 126 Å². The molecule has 0 saturated carbocycles. The Kier molecular flexibility index (Phi) is 4.19. The summed E-state index contributed by atoms with van der Waals surface area (Å²) in [6, 6.07) is 12.0. The number of hydrogen-bond acceptors (Lipinski definition) is 3. The predicted octanol–water partition coefficient (Wildman–Crippen LogP) is 3.67. The molecule has 0 atom stereocenters. The monoisotopic (exact) mass is 326 g/mol. The van der Waals surface area contributed by atoms with E-state index in [2.05, 4.69) is 4.72 Å². The van der Waals surface area contributed by atoms with E-state index in [1.165, 1.54) is 42.5 Å². The maximum atomic E-state index is 12.2. The first kappa shape index (κ1) is 14.7. The predicted molar refractivity (Wildman–Crippen MR) is 78.4 cm³/mol. The van der Waals surface area contributed by atoms with E-state index in [0.29, 0.717) is 10.0 Å². The van der Waals surface area contributed by atoms with Crippen molar-refractivity contribution in [3.05, 3.63) is 58.1 Å². The maximum absolute atomic E-state index is 12.2. The van der Waals surface area contributed by atoms with E-state index in [1.807, 2.05) is 6.07 Å². The zero-order valence-corrected chi connectivity index (χ0v) is 12.3. The molecule has 0 aliphatic heterocycles. The average molecular weight is 327 g/mol. The molecular formula is C13H8Cl2N2O2S. The Morgan fingerprint density at radius 1 is 1.05 bits per heavy atom. The van der Waals surface area contributed by atoms with Crippen LogP contribution < -0.4 is 4.72 Å². The van der Waals surface area contributed by atoms with Crippen molar-refractivity contribution < 1.29 is 8.42 Å². The molecule has 2 rings (SSSR count). The van der Waals surface area contributed by atoms with E-state index < -0.39 is 10.0 Å². The summed E-state index contributed by atoms with van der Waals surface area (Å²) >= 11 is 11.6. The second-order valence-electron chi connectivity index (χ2n) is 3.90. The number of sulfonamides is 1. The summed E-state index contributed by atoms with van der Waals surface area (Å²) in [5, 5.41) is 9.43. The lowest BCUT2D eigenvalue weighted by Gasteiger charge is -2.09. The first-order chi connectivity index (χ1) is 9.40. The third-order valence-electron chi connectivity index (χ3n) is 2.39. The Morgan fingerprint density at radius 3 is 2.30 bits per heavy atom. The fourth-order valence-electron chi connectivity index (χ4n) is 1.56. The van der Waals surface area contributed by atoms with Gasteiger partial charge in [0.2, 0.25) is 0 Å². The number of nitriles is 1. The molecule has 2 aromatic rings. The third kappa shape index (κ3) is 3.42. The number of halogens is 2. The highest BCUT2D eigenvalue weighted by atomic mass is 35.5. The van der Waals surface area contributed by atoms with Gasteiger partial charge in [0, 0.05) is 10.0 Å². The molecule has 0 aliphatic carbocycles. The molecule has 102 valence electrons. The summed E-state index contributed by atoms with van der Waals surface area (Å²) in [5.41, 5.74) is 0.516. The van der Waals surface area contributed by atoms with Gasteiger partial charge in [0.05, 0.1) is 22.2 Å². The van der Waals surface area contributed by atoms with E-state index in [-0.39, 0.29) is 16.1 Å². The van der Waals surface area contributed by atoms with Gasteiger partial charge < -0.3 is 0 Å². The van der Waals surface area contributed by atoms with Crippen molar-refractivity contribution in [2.24, 2.45) is 0 Å². The fraction of sp³-hybridized carbons (Fsp3) is 0.